The van der Waals surface area contributed by atoms with E-state index in [4.69, 9.17) is 16.3 Å². The Bertz CT molecular complexity index is 634. The van der Waals surface area contributed by atoms with Crippen molar-refractivity contribution in [1.29, 1.82) is 0 Å². The molecule has 0 fully saturated rings. The molecule has 0 aromatic heterocycles. The van der Waals surface area contributed by atoms with E-state index >= 15 is 0 Å². The van der Waals surface area contributed by atoms with Gasteiger partial charge in [-0.3, -0.25) is 0 Å². The second-order valence-electron chi connectivity index (χ2n) is 4.67. The van der Waals surface area contributed by atoms with E-state index in [2.05, 4.69) is 43.2 Å². The Morgan fingerprint density at radius 3 is 2.62 bits per heavy atom. The van der Waals surface area contributed by atoms with Gasteiger partial charge in [-0.2, -0.15) is 0 Å². The van der Waals surface area contributed by atoms with Gasteiger partial charge in [0.15, 0.2) is 0 Å². The van der Waals surface area contributed by atoms with Gasteiger partial charge in [-0.15, -0.1) is 0 Å². The summed E-state index contributed by atoms with van der Waals surface area (Å²) < 4.78 is 7.56. The number of benzene rings is 2. The lowest BCUT2D eigenvalue weighted by Crippen LogP contribution is -2.19. The molecule has 2 nitrogen and oxygen atoms in total. The molecule has 0 radical (unpaired) electrons. The average molecular weight is 434 g/mol. The molecule has 0 saturated carbocycles. The SMILES string of the molecule is CNC(Cc1cc(Cl)ccc1OC)c1cc(Br)ccc1Br. The highest BCUT2D eigenvalue weighted by Crippen LogP contribution is 2.32. The van der Waals surface area contributed by atoms with Crippen molar-refractivity contribution < 1.29 is 4.74 Å². The minimum Gasteiger partial charge on any atom is -0.496 e. The molecular weight excluding hydrogens is 417 g/mol. The van der Waals surface area contributed by atoms with Crippen molar-refractivity contribution in [3.8, 4) is 5.75 Å². The van der Waals surface area contributed by atoms with Crippen LogP contribution >= 0.6 is 43.5 Å². The fourth-order valence-electron chi connectivity index (χ4n) is 2.28. The molecule has 2 rings (SSSR count). The van der Waals surface area contributed by atoms with E-state index in [0.29, 0.717) is 5.02 Å². The first kappa shape index (κ1) is 16.8. The lowest BCUT2D eigenvalue weighted by Gasteiger charge is -2.20. The van der Waals surface area contributed by atoms with Crippen LogP contribution in [0.5, 0.6) is 5.75 Å². The van der Waals surface area contributed by atoms with Gasteiger partial charge in [0.05, 0.1) is 7.11 Å². The summed E-state index contributed by atoms with van der Waals surface area (Å²) in [5.41, 5.74) is 2.27. The van der Waals surface area contributed by atoms with E-state index in [1.165, 1.54) is 5.56 Å². The molecule has 2 aromatic carbocycles. The first-order chi connectivity index (χ1) is 10.0. The molecule has 5 heteroatoms. The fourth-order valence-corrected chi connectivity index (χ4v) is 3.37. The maximum atomic E-state index is 6.11. The number of nitrogens with one attached hydrogen (secondary N) is 1. The topological polar surface area (TPSA) is 21.3 Å². The van der Waals surface area contributed by atoms with Crippen LogP contribution in [0.4, 0.5) is 0 Å². The fraction of sp³-hybridized carbons (Fsp3) is 0.250. The third-order valence-corrected chi connectivity index (χ3v) is 4.80. The first-order valence-electron chi connectivity index (χ1n) is 6.49. The second-order valence-corrected chi connectivity index (χ2v) is 6.87. The minimum absolute atomic E-state index is 0.157. The van der Waals surface area contributed by atoms with Gasteiger partial charge in [0.25, 0.3) is 0 Å². The summed E-state index contributed by atoms with van der Waals surface area (Å²) in [6.45, 7) is 0. The molecular formula is C16H16Br2ClNO. The Labute approximate surface area is 147 Å². The third-order valence-electron chi connectivity index (χ3n) is 3.35. The van der Waals surface area contributed by atoms with E-state index in [-0.39, 0.29) is 6.04 Å². The van der Waals surface area contributed by atoms with Gasteiger partial charge >= 0.3 is 0 Å². The van der Waals surface area contributed by atoms with Crippen molar-refractivity contribution in [1.82, 2.24) is 5.32 Å². The lowest BCUT2D eigenvalue weighted by atomic mass is 9.98. The Hall–Kier alpha value is -0.550. The molecule has 0 amide bonds. The monoisotopic (exact) mass is 431 g/mol. The highest BCUT2D eigenvalue weighted by Gasteiger charge is 2.16. The zero-order valence-electron chi connectivity index (χ0n) is 11.8. The zero-order valence-corrected chi connectivity index (χ0v) is 15.7. The molecule has 1 N–H and O–H groups in total. The van der Waals surface area contributed by atoms with Gasteiger partial charge in [-0.1, -0.05) is 43.5 Å². The van der Waals surface area contributed by atoms with Gasteiger partial charge < -0.3 is 10.1 Å². The predicted molar refractivity (Wildman–Crippen MR) is 95.4 cm³/mol. The molecule has 0 aliphatic heterocycles. The Morgan fingerprint density at radius 2 is 1.95 bits per heavy atom. The van der Waals surface area contributed by atoms with Crippen LogP contribution in [-0.4, -0.2) is 14.2 Å². The van der Waals surface area contributed by atoms with Crippen molar-refractivity contribution in [2.75, 3.05) is 14.2 Å². The first-order valence-corrected chi connectivity index (χ1v) is 8.46. The molecule has 21 heavy (non-hydrogen) atoms. The Kier molecular flexibility index (Phi) is 6.11. The van der Waals surface area contributed by atoms with Crippen LogP contribution in [0.25, 0.3) is 0 Å². The smallest absolute Gasteiger partial charge is 0.122 e. The normalized spacial score (nSPS) is 12.2. The maximum absolute atomic E-state index is 6.11. The van der Waals surface area contributed by atoms with Crippen LogP contribution in [-0.2, 0) is 6.42 Å². The molecule has 0 aliphatic rings. The standard InChI is InChI=1S/C16H16Br2ClNO/c1-20-15(13-9-11(17)3-5-14(13)18)8-10-7-12(19)4-6-16(10)21-2/h3-7,9,15,20H,8H2,1-2H3. The number of hydrogen-bond acceptors (Lipinski definition) is 2. The largest absolute Gasteiger partial charge is 0.496 e. The van der Waals surface area contributed by atoms with E-state index in [9.17, 15) is 0 Å². The number of ether oxygens (including phenoxy) is 1. The molecule has 0 bridgehead atoms. The van der Waals surface area contributed by atoms with Crippen molar-refractivity contribution in [3.63, 3.8) is 0 Å². The van der Waals surface area contributed by atoms with Gasteiger partial charge in [-0.05, 0) is 61.0 Å². The van der Waals surface area contributed by atoms with E-state index in [0.717, 1.165) is 26.7 Å². The maximum Gasteiger partial charge on any atom is 0.122 e. The van der Waals surface area contributed by atoms with Crippen LogP contribution in [0.1, 0.15) is 17.2 Å². The Balaban J connectivity index is 2.35. The van der Waals surface area contributed by atoms with E-state index in [1.807, 2.05) is 37.4 Å². The van der Waals surface area contributed by atoms with Crippen molar-refractivity contribution in [2.45, 2.75) is 12.5 Å². The van der Waals surface area contributed by atoms with Crippen LogP contribution in [0.3, 0.4) is 0 Å². The van der Waals surface area contributed by atoms with Crippen LogP contribution in [0.15, 0.2) is 45.3 Å². The summed E-state index contributed by atoms with van der Waals surface area (Å²) in [4.78, 5) is 0. The summed E-state index contributed by atoms with van der Waals surface area (Å²) >= 11 is 13.3. The molecule has 0 saturated heterocycles. The van der Waals surface area contributed by atoms with Gasteiger partial charge in [-0.25, -0.2) is 0 Å². The summed E-state index contributed by atoms with van der Waals surface area (Å²) in [5, 5.41) is 4.07. The van der Waals surface area contributed by atoms with Crippen molar-refractivity contribution >= 4 is 43.5 Å². The molecule has 112 valence electrons. The van der Waals surface area contributed by atoms with Crippen LogP contribution in [0, 0.1) is 0 Å². The molecule has 1 atom stereocenters. The minimum atomic E-state index is 0.157. The zero-order chi connectivity index (χ0) is 15.4. The quantitative estimate of drug-likeness (QED) is 0.684. The van der Waals surface area contributed by atoms with E-state index < -0.39 is 0 Å². The highest BCUT2D eigenvalue weighted by atomic mass is 79.9. The molecule has 0 aliphatic carbocycles. The number of methoxy groups -OCH3 is 1. The van der Waals surface area contributed by atoms with Crippen molar-refractivity contribution in [3.05, 3.63) is 61.5 Å². The van der Waals surface area contributed by atoms with E-state index in [1.54, 1.807) is 7.11 Å². The van der Waals surface area contributed by atoms with Crippen LogP contribution < -0.4 is 10.1 Å². The van der Waals surface area contributed by atoms with Gasteiger partial charge in [0, 0.05) is 20.0 Å². The Morgan fingerprint density at radius 1 is 1.19 bits per heavy atom. The third kappa shape index (κ3) is 4.22. The molecule has 1 unspecified atom stereocenters. The molecule has 2 aromatic rings. The summed E-state index contributed by atoms with van der Waals surface area (Å²) in [5.74, 6) is 0.853. The number of rotatable bonds is 5. The highest BCUT2D eigenvalue weighted by molar-refractivity contribution is 9.11. The lowest BCUT2D eigenvalue weighted by molar-refractivity contribution is 0.406. The summed E-state index contributed by atoms with van der Waals surface area (Å²) in [7, 11) is 3.63. The number of hydrogen-bond donors (Lipinski definition) is 1. The van der Waals surface area contributed by atoms with Crippen LogP contribution in [0.2, 0.25) is 5.02 Å². The van der Waals surface area contributed by atoms with Gasteiger partial charge in [0.1, 0.15) is 5.75 Å². The van der Waals surface area contributed by atoms with Crippen molar-refractivity contribution in [2.24, 2.45) is 0 Å². The summed E-state index contributed by atoms with van der Waals surface area (Å²) in [6, 6.07) is 12.0. The predicted octanol–water partition coefficient (Wildman–Crippen LogP) is 5.38. The van der Waals surface area contributed by atoms with Gasteiger partial charge in [0.2, 0.25) is 0 Å². The molecule has 0 heterocycles. The number of likely N-dealkylation sites (N-methyl/N-ethyl adjacent to an activating group) is 1. The molecule has 0 spiro atoms. The second kappa shape index (κ2) is 7.63. The number of halogens is 3. The summed E-state index contributed by atoms with van der Waals surface area (Å²) in [6.07, 6.45) is 0.787. The average Bonchev–Trinajstić information content (AvgIpc) is 2.47.